The number of nitrogen functional groups attached to an aromatic ring is 1. The zero-order valence-corrected chi connectivity index (χ0v) is 11.4. The van der Waals surface area contributed by atoms with E-state index < -0.39 is 0 Å². The SMILES string of the molecule is Nc1cccnc1OC1CCN(Cc2ccccc2)C1. The Hall–Kier alpha value is -2.07. The highest BCUT2D eigenvalue weighted by molar-refractivity contribution is 5.46. The Morgan fingerprint density at radius 1 is 1.20 bits per heavy atom. The third-order valence-electron chi connectivity index (χ3n) is 3.56. The monoisotopic (exact) mass is 269 g/mol. The van der Waals surface area contributed by atoms with E-state index in [1.165, 1.54) is 5.56 Å². The van der Waals surface area contributed by atoms with Gasteiger partial charge >= 0.3 is 0 Å². The fourth-order valence-corrected chi connectivity index (χ4v) is 2.54. The van der Waals surface area contributed by atoms with Gasteiger partial charge in [0.05, 0.1) is 5.69 Å². The van der Waals surface area contributed by atoms with E-state index in [0.717, 1.165) is 26.1 Å². The van der Waals surface area contributed by atoms with Gasteiger partial charge in [0.2, 0.25) is 5.88 Å². The Morgan fingerprint density at radius 3 is 2.85 bits per heavy atom. The lowest BCUT2D eigenvalue weighted by atomic mass is 10.2. The van der Waals surface area contributed by atoms with E-state index in [0.29, 0.717) is 11.6 Å². The summed E-state index contributed by atoms with van der Waals surface area (Å²) in [4.78, 5) is 6.59. The van der Waals surface area contributed by atoms with Crippen molar-refractivity contribution in [2.45, 2.75) is 19.1 Å². The van der Waals surface area contributed by atoms with Crippen LogP contribution in [0, 0.1) is 0 Å². The van der Waals surface area contributed by atoms with Crippen molar-refractivity contribution in [1.29, 1.82) is 0 Å². The summed E-state index contributed by atoms with van der Waals surface area (Å²) in [5.41, 5.74) is 7.80. The summed E-state index contributed by atoms with van der Waals surface area (Å²) in [7, 11) is 0. The molecule has 4 nitrogen and oxygen atoms in total. The molecule has 2 aromatic rings. The van der Waals surface area contributed by atoms with Gasteiger partial charge in [0.25, 0.3) is 0 Å². The van der Waals surface area contributed by atoms with Crippen molar-refractivity contribution in [1.82, 2.24) is 9.88 Å². The van der Waals surface area contributed by atoms with E-state index in [4.69, 9.17) is 10.5 Å². The summed E-state index contributed by atoms with van der Waals surface area (Å²) < 4.78 is 5.90. The second-order valence-corrected chi connectivity index (χ2v) is 5.15. The molecule has 1 atom stereocenters. The number of hydrogen-bond acceptors (Lipinski definition) is 4. The summed E-state index contributed by atoms with van der Waals surface area (Å²) in [5.74, 6) is 0.555. The van der Waals surface area contributed by atoms with Crippen LogP contribution in [0.3, 0.4) is 0 Å². The number of anilines is 1. The first-order valence-corrected chi connectivity index (χ1v) is 6.95. The van der Waals surface area contributed by atoms with Crippen LogP contribution in [0.15, 0.2) is 48.7 Å². The van der Waals surface area contributed by atoms with Crippen molar-refractivity contribution < 1.29 is 4.74 Å². The molecule has 0 radical (unpaired) electrons. The van der Waals surface area contributed by atoms with Crippen LogP contribution in [0.5, 0.6) is 5.88 Å². The van der Waals surface area contributed by atoms with Gasteiger partial charge in [0.15, 0.2) is 0 Å². The van der Waals surface area contributed by atoms with Crippen LogP contribution in [0.4, 0.5) is 5.69 Å². The van der Waals surface area contributed by atoms with Crippen molar-refractivity contribution in [3.8, 4) is 5.88 Å². The van der Waals surface area contributed by atoms with Gasteiger partial charge in [-0.3, -0.25) is 4.90 Å². The Morgan fingerprint density at radius 2 is 2.05 bits per heavy atom. The maximum Gasteiger partial charge on any atom is 0.237 e. The van der Waals surface area contributed by atoms with Gasteiger partial charge in [-0.2, -0.15) is 0 Å². The van der Waals surface area contributed by atoms with Gasteiger partial charge in [0.1, 0.15) is 6.10 Å². The smallest absolute Gasteiger partial charge is 0.237 e. The first-order chi connectivity index (χ1) is 9.81. The number of nitrogens with zero attached hydrogens (tertiary/aromatic N) is 2. The van der Waals surface area contributed by atoms with Crippen LogP contribution in [0.2, 0.25) is 0 Å². The number of pyridine rings is 1. The minimum Gasteiger partial charge on any atom is -0.471 e. The minimum atomic E-state index is 0.177. The Labute approximate surface area is 119 Å². The summed E-state index contributed by atoms with van der Waals surface area (Å²) in [6.45, 7) is 2.94. The molecule has 4 heteroatoms. The zero-order valence-electron chi connectivity index (χ0n) is 11.4. The molecule has 2 N–H and O–H groups in total. The molecule has 1 saturated heterocycles. The molecule has 20 heavy (non-hydrogen) atoms. The van der Waals surface area contributed by atoms with Crippen molar-refractivity contribution >= 4 is 5.69 Å². The summed E-state index contributed by atoms with van der Waals surface area (Å²) in [6, 6.07) is 14.2. The van der Waals surface area contributed by atoms with Crippen LogP contribution >= 0.6 is 0 Å². The van der Waals surface area contributed by atoms with Gasteiger partial charge in [0, 0.05) is 25.8 Å². The van der Waals surface area contributed by atoms with E-state index in [1.54, 1.807) is 6.20 Å². The first kappa shape index (κ1) is 12.9. The Bertz CT molecular complexity index is 559. The van der Waals surface area contributed by atoms with E-state index in [1.807, 2.05) is 18.2 Å². The van der Waals surface area contributed by atoms with Gasteiger partial charge in [-0.1, -0.05) is 30.3 Å². The molecule has 104 valence electrons. The molecule has 0 aliphatic carbocycles. The van der Waals surface area contributed by atoms with Crippen molar-refractivity contribution in [2.75, 3.05) is 18.8 Å². The number of benzene rings is 1. The summed E-state index contributed by atoms with van der Waals surface area (Å²) in [6.07, 6.45) is 2.90. The molecule has 1 aliphatic rings. The van der Waals surface area contributed by atoms with E-state index in [-0.39, 0.29) is 6.10 Å². The lowest BCUT2D eigenvalue weighted by molar-refractivity contribution is 0.192. The summed E-state index contributed by atoms with van der Waals surface area (Å²) >= 11 is 0. The molecule has 1 fully saturated rings. The van der Waals surface area contributed by atoms with Gasteiger partial charge in [-0.15, -0.1) is 0 Å². The molecule has 1 aromatic heterocycles. The predicted octanol–water partition coefficient (Wildman–Crippen LogP) is 2.32. The number of nitrogens with two attached hydrogens (primary N) is 1. The number of ether oxygens (including phenoxy) is 1. The average molecular weight is 269 g/mol. The maximum absolute atomic E-state index is 5.90. The number of hydrogen-bond donors (Lipinski definition) is 1. The molecule has 0 saturated carbocycles. The maximum atomic E-state index is 5.90. The molecule has 2 heterocycles. The molecule has 3 rings (SSSR count). The van der Waals surface area contributed by atoms with Gasteiger partial charge in [-0.05, 0) is 24.1 Å². The fraction of sp³-hybridized carbons (Fsp3) is 0.312. The number of rotatable bonds is 4. The highest BCUT2D eigenvalue weighted by atomic mass is 16.5. The zero-order chi connectivity index (χ0) is 13.8. The standard InChI is InChI=1S/C16H19N3O/c17-15-7-4-9-18-16(15)20-14-8-10-19(12-14)11-13-5-2-1-3-6-13/h1-7,9,14H,8,10-12,17H2. The normalized spacial score (nSPS) is 19.1. The topological polar surface area (TPSA) is 51.4 Å². The highest BCUT2D eigenvalue weighted by Crippen LogP contribution is 2.22. The Kier molecular flexibility index (Phi) is 3.83. The van der Waals surface area contributed by atoms with Crippen molar-refractivity contribution in [2.24, 2.45) is 0 Å². The van der Waals surface area contributed by atoms with Crippen LogP contribution in [0.1, 0.15) is 12.0 Å². The van der Waals surface area contributed by atoms with Crippen LogP contribution in [-0.2, 0) is 6.54 Å². The predicted molar refractivity (Wildman–Crippen MR) is 79.4 cm³/mol. The lowest BCUT2D eigenvalue weighted by Gasteiger charge is -2.17. The van der Waals surface area contributed by atoms with E-state index >= 15 is 0 Å². The van der Waals surface area contributed by atoms with Crippen LogP contribution in [0.25, 0.3) is 0 Å². The molecule has 1 unspecified atom stereocenters. The van der Waals surface area contributed by atoms with E-state index in [9.17, 15) is 0 Å². The molecular formula is C16H19N3O. The quantitative estimate of drug-likeness (QED) is 0.925. The second kappa shape index (κ2) is 5.92. The Balaban J connectivity index is 1.56. The molecular weight excluding hydrogens is 250 g/mol. The molecule has 0 amide bonds. The third-order valence-corrected chi connectivity index (χ3v) is 3.56. The third kappa shape index (κ3) is 3.08. The highest BCUT2D eigenvalue weighted by Gasteiger charge is 2.24. The van der Waals surface area contributed by atoms with Crippen LogP contribution < -0.4 is 10.5 Å². The van der Waals surface area contributed by atoms with E-state index in [2.05, 4.69) is 34.1 Å². The molecule has 1 aliphatic heterocycles. The fourth-order valence-electron chi connectivity index (χ4n) is 2.54. The second-order valence-electron chi connectivity index (χ2n) is 5.15. The largest absolute Gasteiger partial charge is 0.471 e. The lowest BCUT2D eigenvalue weighted by Crippen LogP contribution is -2.25. The minimum absolute atomic E-state index is 0.177. The van der Waals surface area contributed by atoms with Crippen molar-refractivity contribution in [3.05, 3.63) is 54.2 Å². The summed E-state index contributed by atoms with van der Waals surface area (Å²) in [5, 5.41) is 0. The van der Waals surface area contributed by atoms with Gasteiger partial charge < -0.3 is 10.5 Å². The van der Waals surface area contributed by atoms with Crippen molar-refractivity contribution in [3.63, 3.8) is 0 Å². The first-order valence-electron chi connectivity index (χ1n) is 6.95. The number of aromatic nitrogens is 1. The molecule has 1 aromatic carbocycles. The molecule has 0 bridgehead atoms. The average Bonchev–Trinajstić information content (AvgIpc) is 2.90. The van der Waals surface area contributed by atoms with Gasteiger partial charge in [-0.25, -0.2) is 4.98 Å². The molecule has 0 spiro atoms. The van der Waals surface area contributed by atoms with Crippen LogP contribution in [-0.4, -0.2) is 29.1 Å². The number of likely N-dealkylation sites (tertiary alicyclic amines) is 1.